The van der Waals surface area contributed by atoms with Crippen LogP contribution in [0.15, 0.2) is 0 Å². The van der Waals surface area contributed by atoms with Crippen molar-refractivity contribution in [2.45, 2.75) is 45.3 Å². The van der Waals surface area contributed by atoms with Gasteiger partial charge in [-0.1, -0.05) is 31.4 Å². The molecule has 0 aliphatic heterocycles. The smallest absolute Gasteiger partial charge is 0.351 e. The lowest BCUT2D eigenvalue weighted by Gasteiger charge is -2.21. The first-order chi connectivity index (χ1) is 7.60. The fraction of sp³-hybridized carbons (Fsp3) is 1.00. The van der Waals surface area contributed by atoms with E-state index in [4.69, 9.17) is 25.4 Å². The van der Waals surface area contributed by atoms with Crippen LogP contribution < -0.4 is 0 Å². The van der Waals surface area contributed by atoms with Crippen molar-refractivity contribution in [2.24, 2.45) is 0 Å². The quantitative estimate of drug-likeness (QED) is 0.343. The minimum absolute atomic E-state index is 0.290. The molecule has 0 aliphatic rings. The zero-order valence-electron chi connectivity index (χ0n) is 10.3. The Hall–Kier alpha value is 0.400. The molecular weight excluding hydrogens is 251 g/mol. The highest BCUT2D eigenvalue weighted by Crippen LogP contribution is 2.55. The van der Waals surface area contributed by atoms with Gasteiger partial charge in [-0.2, -0.15) is 0 Å². The largest absolute Gasteiger partial charge is 0.374 e. The van der Waals surface area contributed by atoms with Gasteiger partial charge in [-0.3, -0.25) is 4.57 Å². The molecule has 98 valence electrons. The first-order valence-electron chi connectivity index (χ1n) is 5.75. The van der Waals surface area contributed by atoms with Crippen LogP contribution in [0.25, 0.3) is 0 Å². The second-order valence-electron chi connectivity index (χ2n) is 3.25. The standard InChI is InChI=1S/C10H22ClO4P/c1-4-7-8-9-13-10(11)16(12,14-5-2)15-6-3/h10H,4-9H2,1-3H3. The molecule has 0 spiro atoms. The lowest BCUT2D eigenvalue weighted by atomic mass is 10.3. The van der Waals surface area contributed by atoms with Crippen molar-refractivity contribution in [3.63, 3.8) is 0 Å². The van der Waals surface area contributed by atoms with Crippen molar-refractivity contribution in [2.75, 3.05) is 19.8 Å². The molecule has 0 fully saturated rings. The molecule has 1 unspecified atom stereocenters. The van der Waals surface area contributed by atoms with Gasteiger partial charge in [0.05, 0.1) is 13.2 Å². The molecule has 0 saturated carbocycles. The van der Waals surface area contributed by atoms with Crippen LogP contribution in [-0.4, -0.2) is 25.1 Å². The van der Waals surface area contributed by atoms with Gasteiger partial charge in [0.25, 0.3) is 0 Å². The van der Waals surface area contributed by atoms with Gasteiger partial charge >= 0.3 is 7.60 Å². The number of hydrogen-bond acceptors (Lipinski definition) is 4. The van der Waals surface area contributed by atoms with E-state index in [0.717, 1.165) is 19.3 Å². The molecule has 0 heterocycles. The van der Waals surface area contributed by atoms with Crippen LogP contribution in [-0.2, 0) is 18.3 Å². The van der Waals surface area contributed by atoms with Crippen LogP contribution in [0.3, 0.4) is 0 Å². The highest BCUT2D eigenvalue weighted by Gasteiger charge is 2.34. The van der Waals surface area contributed by atoms with Crippen LogP contribution in [0.5, 0.6) is 0 Å². The molecule has 0 saturated heterocycles. The second kappa shape index (κ2) is 9.43. The van der Waals surface area contributed by atoms with E-state index in [1.54, 1.807) is 13.8 Å². The summed E-state index contributed by atoms with van der Waals surface area (Å²) in [6.45, 7) is 6.64. The van der Waals surface area contributed by atoms with Crippen LogP contribution in [0.1, 0.15) is 40.0 Å². The average molecular weight is 273 g/mol. The zero-order valence-corrected chi connectivity index (χ0v) is 11.9. The number of alkyl halides is 1. The summed E-state index contributed by atoms with van der Waals surface area (Å²) < 4.78 is 27.5. The lowest BCUT2D eigenvalue weighted by Crippen LogP contribution is -2.12. The molecule has 0 N–H and O–H groups in total. The molecule has 16 heavy (non-hydrogen) atoms. The molecule has 0 aliphatic carbocycles. The molecule has 0 amide bonds. The molecular formula is C10H22ClO4P. The highest BCUT2D eigenvalue weighted by molar-refractivity contribution is 7.56. The van der Waals surface area contributed by atoms with Gasteiger partial charge in [0.1, 0.15) is 0 Å². The third-order valence-corrected chi connectivity index (χ3v) is 4.60. The maximum Gasteiger partial charge on any atom is 0.374 e. The van der Waals surface area contributed by atoms with Gasteiger partial charge in [0.2, 0.25) is 5.30 Å². The molecule has 4 nitrogen and oxygen atoms in total. The molecule has 0 aromatic heterocycles. The van der Waals surface area contributed by atoms with Crippen LogP contribution >= 0.6 is 19.2 Å². The Labute approximate surface area is 103 Å². The van der Waals surface area contributed by atoms with Gasteiger partial charge < -0.3 is 13.8 Å². The topological polar surface area (TPSA) is 44.8 Å². The third-order valence-electron chi connectivity index (χ3n) is 1.87. The Morgan fingerprint density at radius 1 is 1.12 bits per heavy atom. The molecule has 0 bridgehead atoms. The zero-order chi connectivity index (χ0) is 12.4. The van der Waals surface area contributed by atoms with Gasteiger partial charge in [0, 0.05) is 6.61 Å². The summed E-state index contributed by atoms with van der Waals surface area (Å²) in [4.78, 5) is 0. The van der Waals surface area contributed by atoms with Crippen molar-refractivity contribution < 1.29 is 18.3 Å². The van der Waals surface area contributed by atoms with E-state index < -0.39 is 12.9 Å². The van der Waals surface area contributed by atoms with E-state index in [1.807, 2.05) is 0 Å². The third kappa shape index (κ3) is 6.21. The molecule has 0 aromatic rings. The number of halogens is 1. The molecule has 0 radical (unpaired) electrons. The summed E-state index contributed by atoms with van der Waals surface area (Å²) in [6, 6.07) is 0. The van der Waals surface area contributed by atoms with Gasteiger partial charge in [0.15, 0.2) is 0 Å². The summed E-state index contributed by atoms with van der Waals surface area (Å²) >= 11 is 5.89. The van der Waals surface area contributed by atoms with Crippen LogP contribution in [0, 0.1) is 0 Å². The Kier molecular flexibility index (Phi) is 9.67. The first kappa shape index (κ1) is 16.4. The molecule has 6 heteroatoms. The summed E-state index contributed by atoms with van der Waals surface area (Å²) in [7, 11) is -3.32. The summed E-state index contributed by atoms with van der Waals surface area (Å²) in [5.74, 6) is 0. The normalized spacial score (nSPS) is 14.0. The van der Waals surface area contributed by atoms with E-state index in [2.05, 4.69) is 6.92 Å². The van der Waals surface area contributed by atoms with Crippen molar-refractivity contribution in [1.29, 1.82) is 0 Å². The summed E-state index contributed by atoms with van der Waals surface area (Å²) in [6.07, 6.45) is 3.07. The molecule has 0 rings (SSSR count). The van der Waals surface area contributed by atoms with Crippen LogP contribution in [0.4, 0.5) is 0 Å². The predicted molar refractivity (Wildman–Crippen MR) is 66.0 cm³/mol. The Morgan fingerprint density at radius 2 is 1.69 bits per heavy atom. The van der Waals surface area contributed by atoms with E-state index in [0.29, 0.717) is 19.8 Å². The molecule has 1 atom stereocenters. The number of hydrogen-bond donors (Lipinski definition) is 0. The Bertz CT molecular complexity index is 203. The second-order valence-corrected chi connectivity index (χ2v) is 6.01. The van der Waals surface area contributed by atoms with Gasteiger partial charge in [-0.25, -0.2) is 0 Å². The molecule has 0 aromatic carbocycles. The van der Waals surface area contributed by atoms with Crippen LogP contribution in [0.2, 0.25) is 0 Å². The maximum absolute atomic E-state index is 12.1. The van der Waals surface area contributed by atoms with Crippen molar-refractivity contribution in [3.05, 3.63) is 0 Å². The predicted octanol–water partition coefficient (Wildman–Crippen LogP) is 3.98. The van der Waals surface area contributed by atoms with Gasteiger partial charge in [-0.15, -0.1) is 0 Å². The lowest BCUT2D eigenvalue weighted by molar-refractivity contribution is 0.108. The fourth-order valence-corrected chi connectivity index (χ4v) is 2.88. The summed E-state index contributed by atoms with van der Waals surface area (Å²) in [5.41, 5.74) is 0. The number of rotatable bonds is 10. The van der Waals surface area contributed by atoms with Crippen molar-refractivity contribution in [3.8, 4) is 0 Å². The summed E-state index contributed by atoms with van der Waals surface area (Å²) in [5, 5.41) is -1.01. The van der Waals surface area contributed by atoms with E-state index in [-0.39, 0.29) is 0 Å². The Balaban J connectivity index is 4.06. The number of unbranched alkanes of at least 4 members (excludes halogenated alkanes) is 2. The Morgan fingerprint density at radius 3 is 2.12 bits per heavy atom. The van der Waals surface area contributed by atoms with E-state index >= 15 is 0 Å². The highest BCUT2D eigenvalue weighted by atomic mass is 35.5. The minimum atomic E-state index is -3.32. The van der Waals surface area contributed by atoms with E-state index in [1.165, 1.54) is 0 Å². The van der Waals surface area contributed by atoms with Crippen molar-refractivity contribution in [1.82, 2.24) is 0 Å². The van der Waals surface area contributed by atoms with Crippen molar-refractivity contribution >= 4 is 19.2 Å². The van der Waals surface area contributed by atoms with E-state index in [9.17, 15) is 4.57 Å². The fourth-order valence-electron chi connectivity index (χ4n) is 1.14. The minimum Gasteiger partial charge on any atom is -0.351 e. The monoisotopic (exact) mass is 272 g/mol. The average Bonchev–Trinajstić information content (AvgIpc) is 2.24. The first-order valence-corrected chi connectivity index (χ1v) is 7.80. The van der Waals surface area contributed by atoms with Gasteiger partial charge in [-0.05, 0) is 20.3 Å². The maximum atomic E-state index is 12.1. The SMILES string of the molecule is CCCCCOC(Cl)P(=O)(OCC)OCC. The number of ether oxygens (including phenoxy) is 1.